The van der Waals surface area contributed by atoms with Gasteiger partial charge in [0.05, 0.1) is 6.54 Å². The Hall–Kier alpha value is -1.92. The van der Waals surface area contributed by atoms with Crippen LogP contribution in [0.5, 0.6) is 0 Å². The number of nitrogens with zero attached hydrogens (tertiary/aromatic N) is 3. The molecule has 6 heteroatoms. The number of rotatable bonds is 5. The summed E-state index contributed by atoms with van der Waals surface area (Å²) in [5.41, 5.74) is 3.29. The second kappa shape index (κ2) is 9.29. The lowest BCUT2D eigenvalue weighted by atomic mass is 9.91. The van der Waals surface area contributed by atoms with E-state index in [0.717, 1.165) is 70.1 Å². The van der Waals surface area contributed by atoms with Gasteiger partial charge in [-0.3, -0.25) is 19.4 Å². The Kier molecular flexibility index (Phi) is 6.28. The first kappa shape index (κ1) is 21.0. The van der Waals surface area contributed by atoms with E-state index in [2.05, 4.69) is 32.1 Å². The van der Waals surface area contributed by atoms with Crippen LogP contribution in [0, 0.1) is 0 Å². The molecule has 0 unspecified atom stereocenters. The number of nitrogens with one attached hydrogen (secondary N) is 1. The maximum Gasteiger partial charge on any atom is 0.251 e. The molecule has 1 aromatic carbocycles. The maximum absolute atomic E-state index is 12.9. The standard InChI is InChI=1S/C25H36N4O2/c30-24(29-14-12-28(13-15-29)23-6-3-7-23)18-27-11-10-19-16-20(8-9-21(19)17-27)25(31)26-22-4-1-2-5-22/h8-9,16,22-23H,1-7,10-15,17-18H2,(H,26,31). The summed E-state index contributed by atoms with van der Waals surface area (Å²) in [4.78, 5) is 32.3. The van der Waals surface area contributed by atoms with Gasteiger partial charge in [-0.25, -0.2) is 0 Å². The Balaban J connectivity index is 1.12. The first-order chi connectivity index (χ1) is 15.2. The van der Waals surface area contributed by atoms with Crippen LogP contribution in [0.2, 0.25) is 0 Å². The van der Waals surface area contributed by atoms with Gasteiger partial charge in [0.15, 0.2) is 0 Å². The van der Waals surface area contributed by atoms with E-state index in [0.29, 0.717) is 12.6 Å². The molecule has 2 aliphatic heterocycles. The Morgan fingerprint density at radius 1 is 0.903 bits per heavy atom. The Bertz CT molecular complexity index is 808. The molecule has 1 aromatic rings. The molecule has 31 heavy (non-hydrogen) atoms. The van der Waals surface area contributed by atoms with Crippen molar-refractivity contribution in [2.45, 2.75) is 70.0 Å². The smallest absolute Gasteiger partial charge is 0.251 e. The second-order valence-electron chi connectivity index (χ2n) is 9.90. The van der Waals surface area contributed by atoms with Crippen LogP contribution in [-0.2, 0) is 17.8 Å². The molecular formula is C25H36N4O2. The predicted molar refractivity (Wildman–Crippen MR) is 121 cm³/mol. The minimum Gasteiger partial charge on any atom is -0.349 e. The number of hydrogen-bond acceptors (Lipinski definition) is 4. The number of benzene rings is 1. The van der Waals surface area contributed by atoms with Gasteiger partial charge in [0, 0.05) is 56.9 Å². The maximum atomic E-state index is 12.9. The first-order valence-electron chi connectivity index (χ1n) is 12.3. The molecule has 0 atom stereocenters. The number of carbonyl (C=O) groups excluding carboxylic acids is 2. The van der Waals surface area contributed by atoms with Crippen LogP contribution in [0.4, 0.5) is 0 Å². The van der Waals surface area contributed by atoms with Crippen molar-refractivity contribution >= 4 is 11.8 Å². The van der Waals surface area contributed by atoms with Gasteiger partial charge in [-0.15, -0.1) is 0 Å². The molecule has 0 bridgehead atoms. The van der Waals surface area contributed by atoms with E-state index in [1.54, 1.807) is 0 Å². The van der Waals surface area contributed by atoms with E-state index in [1.807, 2.05) is 6.07 Å². The number of amides is 2. The molecule has 1 N–H and O–H groups in total. The lowest BCUT2D eigenvalue weighted by Gasteiger charge is -2.43. The van der Waals surface area contributed by atoms with Crippen LogP contribution in [-0.4, -0.2) is 77.9 Å². The predicted octanol–water partition coefficient (Wildman–Crippen LogP) is 2.41. The Labute approximate surface area is 185 Å². The first-order valence-corrected chi connectivity index (χ1v) is 12.3. The largest absolute Gasteiger partial charge is 0.349 e. The Morgan fingerprint density at radius 2 is 1.68 bits per heavy atom. The molecule has 0 spiro atoms. The van der Waals surface area contributed by atoms with Gasteiger partial charge in [-0.05, 0) is 55.4 Å². The second-order valence-corrected chi connectivity index (χ2v) is 9.90. The van der Waals surface area contributed by atoms with Gasteiger partial charge in [-0.1, -0.05) is 25.3 Å². The zero-order valence-electron chi connectivity index (χ0n) is 18.7. The van der Waals surface area contributed by atoms with E-state index >= 15 is 0 Å². The molecule has 168 valence electrons. The molecule has 3 fully saturated rings. The highest BCUT2D eigenvalue weighted by atomic mass is 16.2. The zero-order valence-corrected chi connectivity index (χ0v) is 18.7. The van der Waals surface area contributed by atoms with E-state index in [-0.39, 0.29) is 11.8 Å². The molecular weight excluding hydrogens is 388 g/mol. The Morgan fingerprint density at radius 3 is 2.39 bits per heavy atom. The highest BCUT2D eigenvalue weighted by molar-refractivity contribution is 5.94. The highest BCUT2D eigenvalue weighted by Gasteiger charge is 2.30. The molecule has 2 amide bonds. The molecule has 2 aliphatic carbocycles. The number of hydrogen-bond donors (Lipinski definition) is 1. The van der Waals surface area contributed by atoms with Crippen molar-refractivity contribution in [2.75, 3.05) is 39.3 Å². The van der Waals surface area contributed by atoms with Crippen molar-refractivity contribution < 1.29 is 9.59 Å². The topological polar surface area (TPSA) is 55.9 Å². The molecule has 0 aromatic heterocycles. The van der Waals surface area contributed by atoms with Crippen LogP contribution in [0.1, 0.15) is 66.4 Å². The monoisotopic (exact) mass is 424 g/mol. The minimum atomic E-state index is 0.0633. The molecule has 0 radical (unpaired) electrons. The summed E-state index contributed by atoms with van der Waals surface area (Å²) in [6.45, 7) is 6.00. The van der Waals surface area contributed by atoms with Crippen LogP contribution in [0.25, 0.3) is 0 Å². The fourth-order valence-corrected chi connectivity index (χ4v) is 5.61. The average molecular weight is 425 g/mol. The third kappa shape index (κ3) is 4.80. The van der Waals surface area contributed by atoms with Gasteiger partial charge >= 0.3 is 0 Å². The molecule has 6 nitrogen and oxygen atoms in total. The van der Waals surface area contributed by atoms with Crippen molar-refractivity contribution in [3.8, 4) is 0 Å². The molecule has 5 rings (SSSR count). The summed E-state index contributed by atoms with van der Waals surface area (Å²) in [5, 5.41) is 3.19. The zero-order chi connectivity index (χ0) is 21.2. The van der Waals surface area contributed by atoms with Crippen molar-refractivity contribution in [3.63, 3.8) is 0 Å². The number of piperazine rings is 1. The molecule has 2 heterocycles. The summed E-state index contributed by atoms with van der Waals surface area (Å²) >= 11 is 0. The van der Waals surface area contributed by atoms with Gasteiger partial charge in [0.25, 0.3) is 5.91 Å². The third-order valence-electron chi connectivity index (χ3n) is 7.87. The van der Waals surface area contributed by atoms with Gasteiger partial charge in [0.2, 0.25) is 5.91 Å². The van der Waals surface area contributed by atoms with Crippen LogP contribution < -0.4 is 5.32 Å². The van der Waals surface area contributed by atoms with Crippen LogP contribution in [0.3, 0.4) is 0 Å². The SMILES string of the molecule is O=C(NC1CCCC1)c1ccc2c(c1)CCN(CC(=O)N1CCN(C3CCC3)CC1)C2. The van der Waals surface area contributed by atoms with Crippen LogP contribution >= 0.6 is 0 Å². The van der Waals surface area contributed by atoms with E-state index in [4.69, 9.17) is 0 Å². The molecule has 2 saturated carbocycles. The van der Waals surface area contributed by atoms with Crippen molar-refractivity contribution in [2.24, 2.45) is 0 Å². The minimum absolute atomic E-state index is 0.0633. The lowest BCUT2D eigenvalue weighted by Crippen LogP contribution is -2.55. The molecule has 4 aliphatic rings. The highest BCUT2D eigenvalue weighted by Crippen LogP contribution is 2.26. The van der Waals surface area contributed by atoms with Gasteiger partial charge < -0.3 is 10.2 Å². The van der Waals surface area contributed by atoms with Crippen molar-refractivity contribution in [1.82, 2.24) is 20.0 Å². The van der Waals surface area contributed by atoms with E-state index in [1.165, 1.54) is 43.2 Å². The van der Waals surface area contributed by atoms with Crippen molar-refractivity contribution in [1.29, 1.82) is 0 Å². The quantitative estimate of drug-likeness (QED) is 0.789. The summed E-state index contributed by atoms with van der Waals surface area (Å²) in [6.07, 6.45) is 9.61. The lowest BCUT2D eigenvalue weighted by molar-refractivity contribution is -0.135. The summed E-state index contributed by atoms with van der Waals surface area (Å²) in [5.74, 6) is 0.331. The fraction of sp³-hybridized carbons (Fsp3) is 0.680. The average Bonchev–Trinajstić information content (AvgIpc) is 3.25. The third-order valence-corrected chi connectivity index (χ3v) is 7.87. The summed E-state index contributed by atoms with van der Waals surface area (Å²) in [6, 6.07) is 7.24. The fourth-order valence-electron chi connectivity index (χ4n) is 5.61. The normalized spacial score (nSPS) is 23.4. The van der Waals surface area contributed by atoms with Gasteiger partial charge in [-0.2, -0.15) is 0 Å². The van der Waals surface area contributed by atoms with E-state index < -0.39 is 0 Å². The summed E-state index contributed by atoms with van der Waals surface area (Å²) in [7, 11) is 0. The number of fused-ring (bicyclic) bond motifs is 1. The van der Waals surface area contributed by atoms with Crippen LogP contribution in [0.15, 0.2) is 18.2 Å². The van der Waals surface area contributed by atoms with Crippen molar-refractivity contribution in [3.05, 3.63) is 34.9 Å². The van der Waals surface area contributed by atoms with Gasteiger partial charge in [0.1, 0.15) is 0 Å². The molecule has 1 saturated heterocycles. The number of carbonyl (C=O) groups is 2. The van der Waals surface area contributed by atoms with E-state index in [9.17, 15) is 9.59 Å². The summed E-state index contributed by atoms with van der Waals surface area (Å²) < 4.78 is 0.